The average molecular weight is 493 g/mol. The van der Waals surface area contributed by atoms with Gasteiger partial charge in [0, 0.05) is 5.02 Å². The molecule has 0 spiro atoms. The fourth-order valence-corrected chi connectivity index (χ4v) is 5.90. The molecule has 0 fully saturated rings. The Morgan fingerprint density at radius 3 is 2.39 bits per heavy atom. The molecule has 1 aliphatic rings. The minimum atomic E-state index is -3.81. The van der Waals surface area contributed by atoms with E-state index < -0.39 is 16.1 Å². The Balaban J connectivity index is 1.93. The van der Waals surface area contributed by atoms with E-state index in [-0.39, 0.29) is 24.1 Å². The molecule has 33 heavy (non-hydrogen) atoms. The van der Waals surface area contributed by atoms with Crippen LogP contribution in [-0.4, -0.2) is 33.7 Å². The highest BCUT2D eigenvalue weighted by Gasteiger charge is 2.34. The predicted molar refractivity (Wildman–Crippen MR) is 134 cm³/mol. The molecule has 2 aromatic rings. The number of hydrogen-bond acceptors (Lipinski definition) is 4. The van der Waals surface area contributed by atoms with Gasteiger partial charge in [0.05, 0.1) is 25.1 Å². The summed E-state index contributed by atoms with van der Waals surface area (Å²) in [4.78, 5) is 13.5. The van der Waals surface area contributed by atoms with Crippen LogP contribution in [0.5, 0.6) is 5.75 Å². The van der Waals surface area contributed by atoms with Gasteiger partial charge in [-0.15, -0.1) is 0 Å². The number of fused-ring (bicyclic) bond motifs is 1. The van der Waals surface area contributed by atoms with E-state index in [0.29, 0.717) is 17.2 Å². The number of rotatable bonds is 9. The van der Waals surface area contributed by atoms with Crippen molar-refractivity contribution in [3.63, 3.8) is 0 Å². The van der Waals surface area contributed by atoms with E-state index >= 15 is 0 Å². The topological polar surface area (TPSA) is 75.7 Å². The Labute approximate surface area is 202 Å². The van der Waals surface area contributed by atoms with Crippen molar-refractivity contribution in [1.82, 2.24) is 5.32 Å². The highest BCUT2D eigenvalue weighted by Crippen LogP contribution is 2.35. The van der Waals surface area contributed by atoms with Crippen LogP contribution in [0, 0.1) is 0 Å². The highest BCUT2D eigenvalue weighted by atomic mass is 35.5. The van der Waals surface area contributed by atoms with Crippen LogP contribution >= 0.6 is 11.6 Å². The number of ether oxygens (including phenoxy) is 1. The van der Waals surface area contributed by atoms with E-state index in [1.807, 2.05) is 6.92 Å². The Bertz CT molecular complexity index is 1100. The zero-order chi connectivity index (χ0) is 24.2. The molecule has 8 heteroatoms. The van der Waals surface area contributed by atoms with Gasteiger partial charge in [-0.25, -0.2) is 8.42 Å². The molecule has 2 aromatic carbocycles. The molecule has 3 rings (SSSR count). The lowest BCUT2D eigenvalue weighted by molar-refractivity contribution is -0.123. The summed E-state index contributed by atoms with van der Waals surface area (Å²) in [5, 5.41) is 3.45. The molecule has 0 unspecified atom stereocenters. The third-order valence-electron chi connectivity index (χ3n) is 6.21. The molecule has 2 atom stereocenters. The highest BCUT2D eigenvalue weighted by molar-refractivity contribution is 7.92. The summed E-state index contributed by atoms with van der Waals surface area (Å²) in [6.07, 6.45) is 6.62. The first-order valence-electron chi connectivity index (χ1n) is 11.4. The van der Waals surface area contributed by atoms with Gasteiger partial charge in [0.2, 0.25) is 15.9 Å². The zero-order valence-corrected chi connectivity index (χ0v) is 21.3. The van der Waals surface area contributed by atoms with Crippen molar-refractivity contribution < 1.29 is 17.9 Å². The van der Waals surface area contributed by atoms with Gasteiger partial charge in [-0.2, -0.15) is 0 Å². The van der Waals surface area contributed by atoms with Crippen molar-refractivity contribution in [2.45, 2.75) is 64.5 Å². The Kier molecular flexibility index (Phi) is 8.29. The predicted octanol–water partition coefficient (Wildman–Crippen LogP) is 5.04. The fraction of sp³-hybridized carbons (Fsp3) is 0.480. The van der Waals surface area contributed by atoms with Gasteiger partial charge >= 0.3 is 0 Å². The summed E-state index contributed by atoms with van der Waals surface area (Å²) in [7, 11) is -2.35. The molecule has 1 aliphatic carbocycles. The van der Waals surface area contributed by atoms with E-state index in [1.165, 1.54) is 37.1 Å². The average Bonchev–Trinajstić information content (AvgIpc) is 2.79. The third-order valence-corrected chi connectivity index (χ3v) is 7.61. The summed E-state index contributed by atoms with van der Waals surface area (Å²) >= 11 is 6.16. The Morgan fingerprint density at radius 1 is 1.09 bits per heavy atom. The number of halogens is 1. The van der Waals surface area contributed by atoms with Gasteiger partial charge in [-0.1, -0.05) is 43.6 Å². The largest absolute Gasteiger partial charge is 0.495 e. The lowest BCUT2D eigenvalue weighted by Gasteiger charge is -2.32. The van der Waals surface area contributed by atoms with Gasteiger partial charge < -0.3 is 10.1 Å². The maximum absolute atomic E-state index is 13.5. The molecule has 0 saturated carbocycles. The van der Waals surface area contributed by atoms with Gasteiger partial charge in [-0.3, -0.25) is 9.10 Å². The van der Waals surface area contributed by atoms with Crippen LogP contribution in [0.1, 0.15) is 62.3 Å². The normalized spacial score (nSPS) is 15.3. The van der Waals surface area contributed by atoms with Crippen molar-refractivity contribution in [1.29, 1.82) is 0 Å². The number of methoxy groups -OCH3 is 1. The van der Waals surface area contributed by atoms with Crippen LogP contribution in [-0.2, 0) is 27.7 Å². The van der Waals surface area contributed by atoms with Crippen molar-refractivity contribution in [3.8, 4) is 5.75 Å². The van der Waals surface area contributed by atoms with Crippen LogP contribution in [0.25, 0.3) is 0 Å². The van der Waals surface area contributed by atoms with Crippen molar-refractivity contribution in [3.05, 3.63) is 58.1 Å². The van der Waals surface area contributed by atoms with Crippen molar-refractivity contribution >= 4 is 33.2 Å². The number of carbonyl (C=O) groups is 1. The summed E-state index contributed by atoms with van der Waals surface area (Å²) in [6, 6.07) is 10.0. The van der Waals surface area contributed by atoms with Gasteiger partial charge in [0.25, 0.3) is 0 Å². The SMILES string of the molecule is CC[C@@H](NC(=O)[C@H](CC)N(c1cc(Cl)ccc1OC)S(C)(=O)=O)c1ccc2c(c1)CCCC2. The molecule has 0 saturated heterocycles. The van der Waals surface area contributed by atoms with Crippen LogP contribution < -0.4 is 14.4 Å². The lowest BCUT2D eigenvalue weighted by atomic mass is 9.88. The smallest absolute Gasteiger partial charge is 0.244 e. The number of sulfonamides is 1. The van der Waals surface area contributed by atoms with Gasteiger partial charge in [0.1, 0.15) is 11.8 Å². The molecule has 0 aromatic heterocycles. The van der Waals surface area contributed by atoms with Crippen LogP contribution in [0.3, 0.4) is 0 Å². The number of amides is 1. The number of hydrogen-bond donors (Lipinski definition) is 1. The second kappa shape index (κ2) is 10.8. The Hall–Kier alpha value is -2.25. The number of anilines is 1. The number of benzene rings is 2. The molecule has 0 heterocycles. The lowest BCUT2D eigenvalue weighted by Crippen LogP contribution is -2.50. The van der Waals surface area contributed by atoms with E-state index in [1.54, 1.807) is 19.1 Å². The minimum absolute atomic E-state index is 0.207. The number of nitrogens with one attached hydrogen (secondary N) is 1. The number of aryl methyl sites for hydroxylation is 2. The summed E-state index contributed by atoms with van der Waals surface area (Å²) in [5.74, 6) is -0.0210. The van der Waals surface area contributed by atoms with Crippen molar-refractivity contribution in [2.24, 2.45) is 0 Å². The van der Waals surface area contributed by atoms with Crippen molar-refractivity contribution in [2.75, 3.05) is 17.7 Å². The quantitative estimate of drug-likeness (QED) is 0.532. The maximum atomic E-state index is 13.5. The van der Waals surface area contributed by atoms with E-state index in [2.05, 4.69) is 23.5 Å². The third kappa shape index (κ3) is 5.82. The van der Waals surface area contributed by atoms with Gasteiger partial charge in [-0.05, 0) is 73.4 Å². The standard InChI is InChI=1S/C25H33ClN2O4S/c1-5-21(19-12-11-17-9-7-8-10-18(17)15-19)27-25(29)22(6-2)28(33(4,30)31)23-16-20(26)13-14-24(23)32-3/h11-16,21-22H,5-10H2,1-4H3,(H,27,29)/t21-,22+/m1/s1. The van der Waals surface area contributed by atoms with E-state index in [0.717, 1.165) is 29.0 Å². The molecular weight excluding hydrogens is 460 g/mol. The molecular formula is C25H33ClN2O4S. The molecule has 0 aliphatic heterocycles. The molecule has 0 bridgehead atoms. The number of carbonyl (C=O) groups excluding carboxylic acids is 1. The molecule has 1 amide bonds. The van der Waals surface area contributed by atoms with E-state index in [4.69, 9.17) is 16.3 Å². The van der Waals surface area contributed by atoms with Gasteiger partial charge in [0.15, 0.2) is 0 Å². The molecule has 180 valence electrons. The molecule has 1 N–H and O–H groups in total. The monoisotopic (exact) mass is 492 g/mol. The minimum Gasteiger partial charge on any atom is -0.495 e. The first-order valence-corrected chi connectivity index (χ1v) is 13.7. The Morgan fingerprint density at radius 2 is 1.79 bits per heavy atom. The first-order chi connectivity index (χ1) is 15.7. The second-order valence-electron chi connectivity index (χ2n) is 8.50. The van der Waals surface area contributed by atoms with Crippen LogP contribution in [0.15, 0.2) is 36.4 Å². The van der Waals surface area contributed by atoms with Crippen LogP contribution in [0.4, 0.5) is 5.69 Å². The first kappa shape index (κ1) is 25.4. The van der Waals surface area contributed by atoms with Crippen LogP contribution in [0.2, 0.25) is 5.02 Å². The maximum Gasteiger partial charge on any atom is 0.244 e. The zero-order valence-electron chi connectivity index (χ0n) is 19.7. The summed E-state index contributed by atoms with van der Waals surface area (Å²) < 4.78 is 32.2. The molecule has 6 nitrogen and oxygen atoms in total. The molecule has 0 radical (unpaired) electrons. The number of nitrogens with zero attached hydrogens (tertiary/aromatic N) is 1. The summed E-state index contributed by atoms with van der Waals surface area (Å²) in [5.41, 5.74) is 4.03. The second-order valence-corrected chi connectivity index (χ2v) is 10.8. The summed E-state index contributed by atoms with van der Waals surface area (Å²) in [6.45, 7) is 3.80. The van der Waals surface area contributed by atoms with E-state index in [9.17, 15) is 13.2 Å². The fourth-order valence-electron chi connectivity index (χ4n) is 4.53.